The normalized spacial score (nSPS) is 10.9. The van der Waals surface area contributed by atoms with Gasteiger partial charge in [0.05, 0.1) is 6.61 Å². The number of fused-ring (bicyclic) bond motifs is 1. The van der Waals surface area contributed by atoms with Crippen LogP contribution in [0.5, 0.6) is 5.75 Å². The number of rotatable bonds is 5. The van der Waals surface area contributed by atoms with E-state index >= 15 is 0 Å². The second kappa shape index (κ2) is 7.42. The molecular formula is C20H15ClN2O3S. The van der Waals surface area contributed by atoms with E-state index in [4.69, 9.17) is 20.8 Å². The Kier molecular flexibility index (Phi) is 4.83. The van der Waals surface area contributed by atoms with Crippen LogP contribution in [0.15, 0.2) is 58.3 Å². The molecule has 136 valence electrons. The molecule has 0 aliphatic rings. The highest BCUT2D eigenvalue weighted by atomic mass is 35.5. The van der Waals surface area contributed by atoms with Gasteiger partial charge in [0.25, 0.3) is 5.91 Å². The number of halogens is 1. The lowest BCUT2D eigenvalue weighted by Gasteiger charge is -2.01. The lowest BCUT2D eigenvalue weighted by atomic mass is 10.2. The van der Waals surface area contributed by atoms with Crippen LogP contribution in [0, 0.1) is 0 Å². The van der Waals surface area contributed by atoms with Crippen molar-refractivity contribution in [1.82, 2.24) is 4.98 Å². The third-order valence-corrected chi connectivity index (χ3v) is 4.86. The van der Waals surface area contributed by atoms with Gasteiger partial charge in [-0.1, -0.05) is 17.7 Å². The van der Waals surface area contributed by atoms with Gasteiger partial charge in [0.2, 0.25) is 0 Å². The molecule has 2 aromatic heterocycles. The van der Waals surface area contributed by atoms with Crippen molar-refractivity contribution in [1.29, 1.82) is 0 Å². The van der Waals surface area contributed by atoms with Gasteiger partial charge in [-0.2, -0.15) is 0 Å². The molecule has 4 aromatic rings. The van der Waals surface area contributed by atoms with Crippen molar-refractivity contribution in [2.24, 2.45) is 0 Å². The molecule has 2 heterocycles. The highest BCUT2D eigenvalue weighted by Gasteiger charge is 2.13. The van der Waals surface area contributed by atoms with Gasteiger partial charge in [0, 0.05) is 21.4 Å². The van der Waals surface area contributed by atoms with Crippen molar-refractivity contribution < 1.29 is 13.9 Å². The summed E-state index contributed by atoms with van der Waals surface area (Å²) in [6.07, 6.45) is 0. The zero-order valence-corrected chi connectivity index (χ0v) is 15.9. The summed E-state index contributed by atoms with van der Waals surface area (Å²) in [5, 5.41) is 6.57. The third-order valence-electron chi connectivity index (χ3n) is 3.86. The average Bonchev–Trinajstić information content (AvgIpc) is 3.28. The van der Waals surface area contributed by atoms with Crippen LogP contribution in [-0.2, 0) is 0 Å². The number of thiazole rings is 1. The number of carbonyl (C=O) groups is 1. The summed E-state index contributed by atoms with van der Waals surface area (Å²) in [7, 11) is 0. The van der Waals surface area contributed by atoms with E-state index in [0.717, 1.165) is 16.7 Å². The molecule has 27 heavy (non-hydrogen) atoms. The van der Waals surface area contributed by atoms with Crippen LogP contribution < -0.4 is 10.1 Å². The van der Waals surface area contributed by atoms with Crippen LogP contribution in [-0.4, -0.2) is 17.5 Å². The molecule has 0 saturated heterocycles. The van der Waals surface area contributed by atoms with Gasteiger partial charge in [-0.15, -0.1) is 11.3 Å². The first-order valence-corrected chi connectivity index (χ1v) is 9.57. The predicted octanol–water partition coefficient (Wildman–Crippen LogP) is 5.86. The van der Waals surface area contributed by atoms with E-state index in [-0.39, 0.29) is 5.91 Å². The fourth-order valence-electron chi connectivity index (χ4n) is 2.65. The topological polar surface area (TPSA) is 64.4 Å². The van der Waals surface area contributed by atoms with E-state index in [9.17, 15) is 4.79 Å². The molecule has 0 atom stereocenters. The Morgan fingerprint density at radius 1 is 1.26 bits per heavy atom. The third kappa shape index (κ3) is 3.82. The minimum atomic E-state index is -0.260. The molecule has 1 amide bonds. The van der Waals surface area contributed by atoms with Crippen LogP contribution in [0.25, 0.3) is 22.4 Å². The molecular weight excluding hydrogens is 384 g/mol. The molecule has 1 N–H and O–H groups in total. The second-order valence-electron chi connectivity index (χ2n) is 5.75. The van der Waals surface area contributed by atoms with Gasteiger partial charge in [-0.25, -0.2) is 4.98 Å². The Morgan fingerprint density at radius 3 is 2.96 bits per heavy atom. The van der Waals surface area contributed by atoms with E-state index in [1.807, 2.05) is 36.6 Å². The fraction of sp³-hybridized carbons (Fsp3) is 0.100. The van der Waals surface area contributed by atoms with Crippen molar-refractivity contribution in [2.45, 2.75) is 6.92 Å². The van der Waals surface area contributed by atoms with Gasteiger partial charge < -0.3 is 9.15 Å². The highest BCUT2D eigenvalue weighted by molar-refractivity contribution is 7.14. The Morgan fingerprint density at radius 2 is 2.15 bits per heavy atom. The molecule has 0 spiro atoms. The number of nitrogens with zero attached hydrogens (tertiary/aromatic N) is 1. The number of hydrogen-bond donors (Lipinski definition) is 1. The molecule has 4 rings (SSSR count). The summed E-state index contributed by atoms with van der Waals surface area (Å²) < 4.78 is 11.4. The number of benzene rings is 2. The monoisotopic (exact) mass is 398 g/mol. The molecule has 0 fully saturated rings. The Bertz CT molecular complexity index is 1120. The van der Waals surface area contributed by atoms with Crippen molar-refractivity contribution in [3.05, 3.63) is 64.5 Å². The van der Waals surface area contributed by atoms with E-state index in [2.05, 4.69) is 10.3 Å². The second-order valence-corrected chi connectivity index (χ2v) is 7.04. The molecule has 2 aromatic carbocycles. The first-order chi connectivity index (χ1) is 13.1. The van der Waals surface area contributed by atoms with Gasteiger partial charge in [-0.3, -0.25) is 10.1 Å². The Labute approximate surface area is 164 Å². The van der Waals surface area contributed by atoms with Gasteiger partial charge >= 0.3 is 0 Å². The number of ether oxygens (including phenoxy) is 1. The smallest absolute Gasteiger partial charge is 0.257 e. The Balaban J connectivity index is 1.55. The zero-order valence-electron chi connectivity index (χ0n) is 14.4. The van der Waals surface area contributed by atoms with Crippen LogP contribution in [0.2, 0.25) is 5.02 Å². The summed E-state index contributed by atoms with van der Waals surface area (Å²) in [6, 6.07) is 14.4. The standard InChI is InChI=1S/C20H15ClN2O3S/c1-2-25-15-6-7-17-13(9-15)10-18(26-17)16-11-27-20(22-16)23-19(24)12-4-3-5-14(21)8-12/h3-11H,2H2,1H3,(H,22,23,24). The SMILES string of the molecule is CCOc1ccc2oc(-c3csc(NC(=O)c4cccc(Cl)c4)n3)cc2c1. The largest absolute Gasteiger partial charge is 0.494 e. The lowest BCUT2D eigenvalue weighted by molar-refractivity contribution is 0.102. The molecule has 0 aliphatic carbocycles. The number of carbonyl (C=O) groups excluding carboxylic acids is 1. The van der Waals surface area contributed by atoms with Gasteiger partial charge in [0.1, 0.15) is 17.0 Å². The summed E-state index contributed by atoms with van der Waals surface area (Å²) in [6.45, 7) is 2.55. The fourth-order valence-corrected chi connectivity index (χ4v) is 3.53. The van der Waals surface area contributed by atoms with E-state index in [1.165, 1.54) is 11.3 Å². The predicted molar refractivity (Wildman–Crippen MR) is 108 cm³/mol. The minimum absolute atomic E-state index is 0.260. The maximum Gasteiger partial charge on any atom is 0.257 e. The van der Waals surface area contributed by atoms with Crippen LogP contribution >= 0.6 is 22.9 Å². The van der Waals surface area contributed by atoms with Gasteiger partial charge in [0.15, 0.2) is 10.9 Å². The van der Waals surface area contributed by atoms with E-state index in [1.54, 1.807) is 24.3 Å². The first-order valence-electron chi connectivity index (χ1n) is 8.31. The molecule has 0 radical (unpaired) electrons. The molecule has 0 aliphatic heterocycles. The number of hydrogen-bond acceptors (Lipinski definition) is 5. The van der Waals surface area contributed by atoms with Crippen molar-refractivity contribution >= 4 is 44.9 Å². The first kappa shape index (κ1) is 17.6. The molecule has 7 heteroatoms. The highest BCUT2D eigenvalue weighted by Crippen LogP contribution is 2.32. The maximum atomic E-state index is 12.3. The average molecular weight is 399 g/mol. The lowest BCUT2D eigenvalue weighted by Crippen LogP contribution is -2.11. The van der Waals surface area contributed by atoms with Crippen molar-refractivity contribution in [2.75, 3.05) is 11.9 Å². The molecule has 0 unspecified atom stereocenters. The Hall–Kier alpha value is -2.83. The van der Waals surface area contributed by atoms with Crippen LogP contribution in [0.3, 0.4) is 0 Å². The number of furan rings is 1. The molecule has 5 nitrogen and oxygen atoms in total. The summed E-state index contributed by atoms with van der Waals surface area (Å²) in [4.78, 5) is 16.8. The summed E-state index contributed by atoms with van der Waals surface area (Å²) in [5.74, 6) is 1.17. The quantitative estimate of drug-likeness (QED) is 0.457. The molecule has 0 saturated carbocycles. The van der Waals surface area contributed by atoms with E-state index < -0.39 is 0 Å². The number of aromatic nitrogens is 1. The van der Waals surface area contributed by atoms with Crippen LogP contribution in [0.4, 0.5) is 5.13 Å². The summed E-state index contributed by atoms with van der Waals surface area (Å²) >= 11 is 7.26. The van der Waals surface area contributed by atoms with Gasteiger partial charge in [-0.05, 0) is 49.4 Å². The molecule has 0 bridgehead atoms. The summed E-state index contributed by atoms with van der Waals surface area (Å²) in [5.41, 5.74) is 1.90. The number of amides is 1. The van der Waals surface area contributed by atoms with Crippen LogP contribution in [0.1, 0.15) is 17.3 Å². The minimum Gasteiger partial charge on any atom is -0.494 e. The maximum absolute atomic E-state index is 12.3. The zero-order chi connectivity index (χ0) is 18.8. The van der Waals surface area contributed by atoms with Crippen molar-refractivity contribution in [3.8, 4) is 17.2 Å². The number of anilines is 1. The van der Waals surface area contributed by atoms with Crippen molar-refractivity contribution in [3.63, 3.8) is 0 Å². The van der Waals surface area contributed by atoms with E-state index in [0.29, 0.717) is 33.8 Å². The number of nitrogens with one attached hydrogen (secondary N) is 1.